The fourth-order valence-electron chi connectivity index (χ4n) is 4.57. The molecule has 11 nitrogen and oxygen atoms in total. The van der Waals surface area contributed by atoms with Crippen LogP contribution in [0.2, 0.25) is 0 Å². The van der Waals surface area contributed by atoms with E-state index in [0.29, 0.717) is 36.2 Å². The Hall–Kier alpha value is -5.13. The van der Waals surface area contributed by atoms with Crippen molar-refractivity contribution in [2.24, 2.45) is 5.92 Å². The first kappa shape index (κ1) is 23.3. The quantitative estimate of drug-likeness (QED) is 0.373. The second-order valence-electron chi connectivity index (χ2n) is 9.16. The van der Waals surface area contributed by atoms with Crippen molar-refractivity contribution >= 4 is 22.5 Å². The van der Waals surface area contributed by atoms with E-state index in [2.05, 4.69) is 37.7 Å². The minimum atomic E-state index is -0.289. The number of fused-ring (bicyclic) bond motifs is 1. The van der Waals surface area contributed by atoms with E-state index in [9.17, 15) is 10.5 Å². The molecule has 1 saturated heterocycles. The molecule has 38 heavy (non-hydrogen) atoms. The number of hydrogen-bond acceptors (Lipinski definition) is 9. The summed E-state index contributed by atoms with van der Waals surface area (Å²) < 4.78 is 9.50. The van der Waals surface area contributed by atoms with Crippen molar-refractivity contribution in [3.63, 3.8) is 0 Å². The Morgan fingerprint density at radius 2 is 1.95 bits per heavy atom. The van der Waals surface area contributed by atoms with E-state index in [1.165, 1.54) is 0 Å². The number of nitriles is 2. The molecule has 1 aliphatic heterocycles. The lowest BCUT2D eigenvalue weighted by Crippen LogP contribution is -2.12. The number of ether oxygens (including phenoxy) is 1. The lowest BCUT2D eigenvalue weighted by atomic mass is 10.0. The number of nitrogens with zero attached hydrogens (tertiary/aromatic N) is 9. The van der Waals surface area contributed by atoms with E-state index in [-0.39, 0.29) is 12.0 Å². The van der Waals surface area contributed by atoms with Crippen molar-refractivity contribution in [3.8, 4) is 23.8 Å². The minimum Gasteiger partial charge on any atom is -0.372 e. The first-order valence-electron chi connectivity index (χ1n) is 12.1. The molecular weight excluding hydrogens is 480 g/mol. The van der Waals surface area contributed by atoms with E-state index in [4.69, 9.17) is 9.72 Å². The van der Waals surface area contributed by atoms with Gasteiger partial charge in [-0.3, -0.25) is 4.57 Å². The van der Waals surface area contributed by atoms with Gasteiger partial charge in [-0.05, 0) is 68.8 Å². The summed E-state index contributed by atoms with van der Waals surface area (Å²) in [5, 5.41) is 34.7. The van der Waals surface area contributed by atoms with Gasteiger partial charge in [0, 0.05) is 16.9 Å². The molecule has 1 aromatic carbocycles. The van der Waals surface area contributed by atoms with Crippen LogP contribution in [0.5, 0.6) is 0 Å². The molecule has 4 aromatic heterocycles. The van der Waals surface area contributed by atoms with Crippen LogP contribution in [0.1, 0.15) is 35.2 Å². The van der Waals surface area contributed by atoms with Crippen molar-refractivity contribution in [1.29, 1.82) is 10.5 Å². The molecule has 5 heterocycles. The van der Waals surface area contributed by atoms with Crippen molar-refractivity contribution in [1.82, 2.24) is 34.5 Å². The zero-order valence-electron chi connectivity index (χ0n) is 20.7. The Balaban J connectivity index is 1.39. The third-order valence-electron chi connectivity index (χ3n) is 6.48. The summed E-state index contributed by atoms with van der Waals surface area (Å²) in [5.74, 6) is 1.67. The maximum Gasteiger partial charge on any atom is 0.163 e. The highest BCUT2D eigenvalue weighted by atomic mass is 16.5. The number of aromatic nitrogens is 7. The Kier molecular flexibility index (Phi) is 5.75. The standard InChI is InChI=1S/C27H22N10O/c1-16-3-7-25(34-33-16)31-19-4-6-23-22(11-19)30-15-36(23)26-8-5-21(24-10-18(12-28)14-38-24)27(32-26)37-17(2)9-20(13-29)35-37/h3-9,11,15,18,24H,10,14H2,1-2H3,(H,31,34)/t18-,24+/m0/s1. The van der Waals surface area contributed by atoms with Gasteiger partial charge in [0.25, 0.3) is 0 Å². The highest BCUT2D eigenvalue weighted by Gasteiger charge is 2.30. The number of hydrogen-bond donors (Lipinski definition) is 1. The smallest absolute Gasteiger partial charge is 0.163 e. The van der Waals surface area contributed by atoms with E-state index in [1.54, 1.807) is 17.1 Å². The summed E-state index contributed by atoms with van der Waals surface area (Å²) in [5.41, 5.74) is 5.22. The predicted molar refractivity (Wildman–Crippen MR) is 138 cm³/mol. The van der Waals surface area contributed by atoms with Gasteiger partial charge >= 0.3 is 0 Å². The molecule has 5 aromatic rings. The monoisotopic (exact) mass is 502 g/mol. The van der Waals surface area contributed by atoms with E-state index in [0.717, 1.165) is 33.7 Å². The molecule has 0 amide bonds. The lowest BCUT2D eigenvalue weighted by Gasteiger charge is -2.17. The van der Waals surface area contributed by atoms with Gasteiger partial charge in [0.1, 0.15) is 18.2 Å². The summed E-state index contributed by atoms with van der Waals surface area (Å²) >= 11 is 0. The zero-order chi connectivity index (χ0) is 26.2. The maximum atomic E-state index is 9.39. The summed E-state index contributed by atoms with van der Waals surface area (Å²) in [6, 6.07) is 19.6. The van der Waals surface area contributed by atoms with Gasteiger partial charge < -0.3 is 10.1 Å². The Bertz CT molecular complexity index is 1740. The van der Waals surface area contributed by atoms with Crippen molar-refractivity contribution in [2.45, 2.75) is 26.4 Å². The van der Waals surface area contributed by atoms with Gasteiger partial charge in [-0.2, -0.15) is 20.7 Å². The SMILES string of the molecule is Cc1ccc(Nc2ccc3c(c2)ncn3-c2ccc([C@H]3C[C@@H](C#N)CO3)c(-n3nc(C#N)cc3C)n2)nn1. The number of imidazole rings is 1. The van der Waals surface area contributed by atoms with Crippen LogP contribution in [0.15, 0.2) is 54.9 Å². The van der Waals surface area contributed by atoms with Crippen LogP contribution in [0.4, 0.5) is 11.5 Å². The number of anilines is 2. The van der Waals surface area contributed by atoms with Crippen molar-refractivity contribution in [2.75, 3.05) is 11.9 Å². The van der Waals surface area contributed by atoms with Gasteiger partial charge in [-0.15, -0.1) is 5.10 Å². The second kappa shape index (κ2) is 9.39. The number of pyridine rings is 1. The van der Waals surface area contributed by atoms with Gasteiger partial charge in [-0.1, -0.05) is 0 Å². The molecule has 2 atom stereocenters. The molecule has 6 rings (SSSR count). The molecule has 0 spiro atoms. The summed E-state index contributed by atoms with van der Waals surface area (Å²) in [7, 11) is 0. The van der Waals surface area contributed by atoms with Crippen LogP contribution in [0.25, 0.3) is 22.7 Å². The molecule has 0 unspecified atom stereocenters. The number of aryl methyl sites for hydroxylation is 2. The third kappa shape index (κ3) is 4.21. The molecule has 0 aliphatic carbocycles. The minimum absolute atomic E-state index is 0.174. The largest absolute Gasteiger partial charge is 0.372 e. The van der Waals surface area contributed by atoms with Crippen LogP contribution in [-0.2, 0) is 4.74 Å². The fraction of sp³-hybridized carbons (Fsp3) is 0.222. The zero-order valence-corrected chi connectivity index (χ0v) is 20.7. The molecular formula is C27H22N10O. The van der Waals surface area contributed by atoms with Crippen LogP contribution >= 0.6 is 0 Å². The molecule has 0 bridgehead atoms. The van der Waals surface area contributed by atoms with Gasteiger partial charge in [0.05, 0.1) is 41.4 Å². The molecule has 0 radical (unpaired) electrons. The van der Waals surface area contributed by atoms with Gasteiger partial charge in [0.2, 0.25) is 0 Å². The van der Waals surface area contributed by atoms with Crippen molar-refractivity contribution in [3.05, 3.63) is 77.5 Å². The number of rotatable bonds is 5. The van der Waals surface area contributed by atoms with Crippen LogP contribution in [-0.4, -0.2) is 41.1 Å². The summed E-state index contributed by atoms with van der Waals surface area (Å²) in [6.45, 7) is 4.14. The van der Waals surface area contributed by atoms with Crippen LogP contribution < -0.4 is 5.32 Å². The molecule has 186 valence electrons. The Labute approximate surface area is 218 Å². The van der Waals surface area contributed by atoms with Crippen LogP contribution in [0, 0.1) is 42.4 Å². The second-order valence-corrected chi connectivity index (χ2v) is 9.16. The van der Waals surface area contributed by atoms with E-state index >= 15 is 0 Å². The van der Waals surface area contributed by atoms with Gasteiger partial charge in [-0.25, -0.2) is 14.6 Å². The average molecular weight is 503 g/mol. The molecule has 11 heteroatoms. The third-order valence-corrected chi connectivity index (χ3v) is 6.48. The first-order chi connectivity index (χ1) is 18.5. The predicted octanol–water partition coefficient (Wildman–Crippen LogP) is 4.23. The van der Waals surface area contributed by atoms with Crippen molar-refractivity contribution < 1.29 is 4.74 Å². The Morgan fingerprint density at radius 1 is 1.05 bits per heavy atom. The van der Waals surface area contributed by atoms with E-state index < -0.39 is 0 Å². The topological polar surface area (TPSA) is 143 Å². The average Bonchev–Trinajstić information content (AvgIpc) is 3.67. The fourth-order valence-corrected chi connectivity index (χ4v) is 4.57. The lowest BCUT2D eigenvalue weighted by molar-refractivity contribution is 0.109. The van der Waals surface area contributed by atoms with E-state index in [1.807, 2.05) is 60.9 Å². The summed E-state index contributed by atoms with van der Waals surface area (Å²) in [6.07, 6.45) is 2.01. The number of benzene rings is 1. The van der Waals surface area contributed by atoms with Crippen LogP contribution in [0.3, 0.4) is 0 Å². The number of nitrogens with one attached hydrogen (secondary N) is 1. The molecule has 1 N–H and O–H groups in total. The Morgan fingerprint density at radius 3 is 2.68 bits per heavy atom. The molecule has 1 aliphatic rings. The summed E-state index contributed by atoms with van der Waals surface area (Å²) in [4.78, 5) is 9.55. The first-order valence-corrected chi connectivity index (χ1v) is 12.1. The van der Waals surface area contributed by atoms with Gasteiger partial charge in [0.15, 0.2) is 17.3 Å². The highest BCUT2D eigenvalue weighted by molar-refractivity contribution is 5.82. The molecule has 1 fully saturated rings. The highest BCUT2D eigenvalue weighted by Crippen LogP contribution is 2.35. The molecule has 0 saturated carbocycles. The normalized spacial score (nSPS) is 16.8. The maximum absolute atomic E-state index is 9.39.